The molecule has 8 nitrogen and oxygen atoms in total. The van der Waals surface area contributed by atoms with Gasteiger partial charge in [-0.2, -0.15) is 0 Å². The van der Waals surface area contributed by atoms with Gasteiger partial charge >= 0.3 is 0 Å². The maximum absolute atomic E-state index is 12.8. The predicted octanol–water partition coefficient (Wildman–Crippen LogP) is 2.45. The molecule has 0 bridgehead atoms. The first-order valence-electron chi connectivity index (χ1n) is 10.2. The number of carbonyl (C=O) groups excluding carboxylic acids is 1. The first-order valence-corrected chi connectivity index (χ1v) is 10.2. The van der Waals surface area contributed by atoms with Crippen molar-refractivity contribution in [2.24, 2.45) is 16.1 Å². The van der Waals surface area contributed by atoms with Gasteiger partial charge in [-0.25, -0.2) is 18.8 Å². The summed E-state index contributed by atoms with van der Waals surface area (Å²) in [5.41, 5.74) is 7.07. The summed E-state index contributed by atoms with van der Waals surface area (Å²) < 4.78 is 25.1. The molecule has 1 aromatic heterocycles. The van der Waals surface area contributed by atoms with Crippen molar-refractivity contribution in [3.63, 3.8) is 0 Å². The van der Waals surface area contributed by atoms with Crippen molar-refractivity contribution in [3.05, 3.63) is 42.0 Å². The number of hydrogen-bond acceptors (Lipinski definition) is 7. The van der Waals surface area contributed by atoms with Gasteiger partial charge in [0.05, 0.1) is 17.0 Å². The molecule has 1 aliphatic heterocycles. The van der Waals surface area contributed by atoms with Gasteiger partial charge in [-0.1, -0.05) is 6.58 Å². The molecule has 2 aliphatic rings. The van der Waals surface area contributed by atoms with Gasteiger partial charge < -0.3 is 27.0 Å². The summed E-state index contributed by atoms with van der Waals surface area (Å²) >= 11 is 0. The van der Waals surface area contributed by atoms with Gasteiger partial charge in [-0.05, 0) is 32.1 Å². The number of aliphatic imine (C=N–C) groups is 1. The number of rotatable bonds is 9. The molecular weight excluding hydrogens is 404 g/mol. The van der Waals surface area contributed by atoms with E-state index in [-0.39, 0.29) is 23.5 Å². The van der Waals surface area contributed by atoms with Crippen LogP contribution < -0.4 is 27.0 Å². The van der Waals surface area contributed by atoms with Gasteiger partial charge in [0.25, 0.3) is 12.3 Å². The first kappa shape index (κ1) is 22.7. The first-order chi connectivity index (χ1) is 14.7. The molecule has 3 rings (SSSR count). The number of alkyl halides is 2. The van der Waals surface area contributed by atoms with Crippen molar-refractivity contribution >= 4 is 23.1 Å². The zero-order chi connectivity index (χ0) is 22.6. The highest BCUT2D eigenvalue weighted by atomic mass is 19.3. The normalized spacial score (nSPS) is 18.4. The quantitative estimate of drug-likeness (QED) is 0.302. The summed E-state index contributed by atoms with van der Waals surface area (Å²) in [4.78, 5) is 20.6. The molecule has 0 unspecified atom stereocenters. The maximum atomic E-state index is 12.8. The molecule has 2 fully saturated rings. The Kier molecular flexibility index (Phi) is 6.89. The van der Waals surface area contributed by atoms with E-state index in [0.29, 0.717) is 34.7 Å². The van der Waals surface area contributed by atoms with E-state index in [9.17, 15) is 13.6 Å². The monoisotopic (exact) mass is 433 g/mol. The van der Waals surface area contributed by atoms with Crippen LogP contribution in [0.15, 0.2) is 41.4 Å². The fourth-order valence-corrected chi connectivity index (χ4v) is 3.82. The van der Waals surface area contributed by atoms with Crippen LogP contribution in [0.3, 0.4) is 0 Å². The highest BCUT2D eigenvalue weighted by molar-refractivity contribution is 6.00. The Bertz CT molecular complexity index is 901. The third-order valence-corrected chi connectivity index (χ3v) is 5.44. The molecule has 1 spiro atoms. The number of hydrogen-bond donors (Lipinski definition) is 5. The summed E-state index contributed by atoms with van der Waals surface area (Å²) in [5, 5.41) is 12.5. The van der Waals surface area contributed by atoms with Crippen molar-refractivity contribution < 1.29 is 13.6 Å². The molecule has 1 amide bonds. The fraction of sp³-hybridized carbons (Fsp3) is 0.476. The number of nitrogens with zero attached hydrogens (tertiary/aromatic N) is 2. The van der Waals surface area contributed by atoms with Crippen LogP contribution in [0.25, 0.3) is 0 Å². The number of carbonyl (C=O) groups is 1. The van der Waals surface area contributed by atoms with E-state index in [2.05, 4.69) is 37.8 Å². The second kappa shape index (κ2) is 9.42. The number of allylic oxidation sites excluding steroid dienone is 1. The van der Waals surface area contributed by atoms with Crippen LogP contribution in [0.1, 0.15) is 37.0 Å². The van der Waals surface area contributed by atoms with Crippen LogP contribution in [0.4, 0.5) is 20.3 Å². The Morgan fingerprint density at radius 3 is 2.77 bits per heavy atom. The summed E-state index contributed by atoms with van der Waals surface area (Å²) in [6.45, 7) is 9.60. The number of nitrogens with two attached hydrogens (primary N) is 1. The SMILES string of the molecule is C=C(/C=C(N)\N=C(/C)C(F)F)Nc1cc(NCC)c(C(=O)NC2CC3(CNC3)C2)cn1. The van der Waals surface area contributed by atoms with Crippen molar-refractivity contribution in [2.45, 2.75) is 39.2 Å². The molecule has 1 aliphatic carbocycles. The Morgan fingerprint density at radius 1 is 1.48 bits per heavy atom. The second-order valence-corrected chi connectivity index (χ2v) is 8.10. The molecule has 168 valence electrons. The number of halogens is 2. The number of aromatic nitrogens is 1. The van der Waals surface area contributed by atoms with Gasteiger partial charge in [-0.15, -0.1) is 0 Å². The highest BCUT2D eigenvalue weighted by Gasteiger charge is 2.48. The molecule has 6 N–H and O–H groups in total. The fourth-order valence-electron chi connectivity index (χ4n) is 3.82. The minimum atomic E-state index is -2.67. The van der Waals surface area contributed by atoms with Crippen LogP contribution in [-0.2, 0) is 0 Å². The average molecular weight is 434 g/mol. The van der Waals surface area contributed by atoms with Gasteiger partial charge in [0.2, 0.25) is 0 Å². The number of nitrogens with one attached hydrogen (secondary N) is 4. The third-order valence-electron chi connectivity index (χ3n) is 5.44. The highest BCUT2D eigenvalue weighted by Crippen LogP contribution is 2.44. The van der Waals surface area contributed by atoms with E-state index in [4.69, 9.17) is 5.73 Å². The lowest BCUT2D eigenvalue weighted by molar-refractivity contribution is 0.0232. The largest absolute Gasteiger partial charge is 0.385 e. The smallest absolute Gasteiger partial charge is 0.276 e. The van der Waals surface area contributed by atoms with E-state index in [1.54, 1.807) is 6.07 Å². The summed E-state index contributed by atoms with van der Waals surface area (Å²) in [7, 11) is 0. The lowest BCUT2D eigenvalue weighted by atomic mass is 9.61. The number of amides is 1. The van der Waals surface area contributed by atoms with Gasteiger partial charge in [0.15, 0.2) is 0 Å². The minimum absolute atomic E-state index is 0.0989. The Morgan fingerprint density at radius 2 is 2.19 bits per heavy atom. The van der Waals surface area contributed by atoms with Crippen LogP contribution in [-0.4, -0.2) is 48.7 Å². The molecule has 0 aromatic carbocycles. The Balaban J connectivity index is 1.64. The van der Waals surface area contributed by atoms with Crippen molar-refractivity contribution in [2.75, 3.05) is 30.3 Å². The predicted molar refractivity (Wildman–Crippen MR) is 118 cm³/mol. The van der Waals surface area contributed by atoms with E-state index in [0.717, 1.165) is 25.9 Å². The van der Waals surface area contributed by atoms with Crippen molar-refractivity contribution in [3.8, 4) is 0 Å². The minimum Gasteiger partial charge on any atom is -0.385 e. The molecule has 1 saturated heterocycles. The third kappa shape index (κ3) is 5.57. The summed E-state index contributed by atoms with van der Waals surface area (Å²) in [6, 6.07) is 1.88. The standard InChI is InChI=1S/C21H29F2N7O/c1-4-26-16-6-18(28-12(2)5-17(24)29-13(3)19(22)23)27-9-15(16)20(31)30-14-7-21(8-14)10-25-11-21/h5-6,9,14,19,25H,2,4,7-8,10-11,24H2,1,3H3,(H,30,31)(H2,26,27,28)/b17-5-,29-13+. The van der Waals surface area contributed by atoms with E-state index >= 15 is 0 Å². The Hall–Kier alpha value is -3.01. The van der Waals surface area contributed by atoms with Gasteiger partial charge in [0, 0.05) is 49.7 Å². The van der Waals surface area contributed by atoms with E-state index < -0.39 is 6.43 Å². The zero-order valence-electron chi connectivity index (χ0n) is 17.8. The summed E-state index contributed by atoms with van der Waals surface area (Å²) in [6.07, 6.45) is 2.15. The van der Waals surface area contributed by atoms with Crippen LogP contribution in [0.2, 0.25) is 0 Å². The van der Waals surface area contributed by atoms with Crippen LogP contribution in [0, 0.1) is 5.41 Å². The average Bonchev–Trinajstić information content (AvgIpc) is 2.62. The van der Waals surface area contributed by atoms with E-state index in [1.807, 2.05) is 6.92 Å². The van der Waals surface area contributed by atoms with Crippen molar-refractivity contribution in [1.29, 1.82) is 0 Å². The molecule has 2 heterocycles. The molecule has 1 aromatic rings. The number of anilines is 2. The zero-order valence-corrected chi connectivity index (χ0v) is 17.8. The van der Waals surface area contributed by atoms with Gasteiger partial charge in [-0.3, -0.25) is 4.79 Å². The molecule has 10 heteroatoms. The maximum Gasteiger partial charge on any atom is 0.276 e. The molecule has 31 heavy (non-hydrogen) atoms. The molecular formula is C21H29F2N7O. The van der Waals surface area contributed by atoms with E-state index in [1.165, 1.54) is 19.2 Å². The molecule has 1 saturated carbocycles. The van der Waals surface area contributed by atoms with Crippen LogP contribution >= 0.6 is 0 Å². The Labute approximate surface area is 180 Å². The second-order valence-electron chi connectivity index (χ2n) is 8.10. The lowest BCUT2D eigenvalue weighted by Crippen LogP contribution is -2.65. The molecule has 0 atom stereocenters. The lowest BCUT2D eigenvalue weighted by Gasteiger charge is -2.54. The van der Waals surface area contributed by atoms with Crippen LogP contribution in [0.5, 0.6) is 0 Å². The van der Waals surface area contributed by atoms with Gasteiger partial charge in [0.1, 0.15) is 11.6 Å². The van der Waals surface area contributed by atoms with Crippen molar-refractivity contribution in [1.82, 2.24) is 15.6 Å². The number of pyridine rings is 1. The molecule has 0 radical (unpaired) electrons. The topological polar surface area (TPSA) is 116 Å². The summed E-state index contributed by atoms with van der Waals surface area (Å²) in [5.74, 6) is 0.166.